The Balaban J connectivity index is 1.93. The van der Waals surface area contributed by atoms with Crippen LogP contribution in [0.15, 0.2) is 83.9 Å². The number of para-hydroxylation sites is 2. The lowest BCUT2D eigenvalue weighted by atomic mass is 10.00. The number of benzene rings is 3. The van der Waals surface area contributed by atoms with Gasteiger partial charge in [0.25, 0.3) is 5.91 Å². The average Bonchev–Trinajstić information content (AvgIpc) is 2.79. The molecule has 0 saturated carbocycles. The molecular weight excluding hydrogens is 332 g/mol. The van der Waals surface area contributed by atoms with Crippen LogP contribution >= 0.6 is 11.6 Å². The quantitative estimate of drug-likeness (QED) is 0.652. The number of hydrogen-bond donors (Lipinski definition) is 0. The Morgan fingerprint density at radius 3 is 2.20 bits per heavy atom. The van der Waals surface area contributed by atoms with Crippen molar-refractivity contribution in [3.63, 3.8) is 0 Å². The number of fused-ring (bicyclic) bond motifs is 1. The third-order valence-electron chi connectivity index (χ3n) is 4.16. The number of hydrogen-bond acceptors (Lipinski definition) is 2. The van der Waals surface area contributed by atoms with Crippen LogP contribution < -0.4 is 4.90 Å². The summed E-state index contributed by atoms with van der Waals surface area (Å²) in [7, 11) is 0. The van der Waals surface area contributed by atoms with Gasteiger partial charge in [0.15, 0.2) is 0 Å². The molecule has 3 nitrogen and oxygen atoms in total. The molecule has 1 heterocycles. The van der Waals surface area contributed by atoms with Crippen molar-refractivity contribution in [2.24, 2.45) is 4.99 Å². The maximum absolute atomic E-state index is 12.9. The lowest BCUT2D eigenvalue weighted by Crippen LogP contribution is -2.27. The van der Waals surface area contributed by atoms with Crippen molar-refractivity contribution in [3.8, 4) is 0 Å². The monoisotopic (exact) mass is 346 g/mol. The zero-order valence-electron chi connectivity index (χ0n) is 13.4. The van der Waals surface area contributed by atoms with Gasteiger partial charge in [-0.3, -0.25) is 14.7 Å². The van der Waals surface area contributed by atoms with E-state index in [4.69, 9.17) is 11.6 Å². The second-order valence-electron chi connectivity index (χ2n) is 5.73. The lowest BCUT2D eigenvalue weighted by Gasteiger charge is -2.24. The number of halogens is 1. The molecule has 0 aromatic heterocycles. The molecular formula is C21H15ClN2O. The summed E-state index contributed by atoms with van der Waals surface area (Å²) in [5, 5.41) is 0.536. The molecule has 0 saturated heterocycles. The number of aliphatic imine (C=N–C) groups is 1. The second-order valence-corrected chi connectivity index (χ2v) is 6.14. The molecule has 122 valence electrons. The Hall–Kier alpha value is -2.91. The van der Waals surface area contributed by atoms with Gasteiger partial charge in [-0.15, -0.1) is 0 Å². The number of benzodiazepines with no additional fused rings is 1. The van der Waals surface area contributed by atoms with E-state index in [-0.39, 0.29) is 12.5 Å². The molecule has 1 aliphatic heterocycles. The molecule has 0 radical (unpaired) electrons. The Morgan fingerprint density at radius 2 is 1.44 bits per heavy atom. The van der Waals surface area contributed by atoms with Crippen LogP contribution in [0, 0.1) is 0 Å². The maximum atomic E-state index is 12.9. The Kier molecular flexibility index (Phi) is 4.08. The number of nitrogens with zero attached hydrogens (tertiary/aromatic N) is 2. The van der Waals surface area contributed by atoms with Gasteiger partial charge < -0.3 is 0 Å². The van der Waals surface area contributed by atoms with Gasteiger partial charge in [-0.05, 0) is 18.2 Å². The second kappa shape index (κ2) is 6.54. The highest BCUT2D eigenvalue weighted by Crippen LogP contribution is 2.36. The minimum absolute atomic E-state index is 0.0735. The average molecular weight is 347 g/mol. The summed E-state index contributed by atoms with van der Waals surface area (Å²) in [4.78, 5) is 19.1. The van der Waals surface area contributed by atoms with E-state index in [1.807, 2.05) is 72.8 Å². The minimum Gasteiger partial charge on any atom is -0.277 e. The highest BCUT2D eigenvalue weighted by atomic mass is 35.5. The van der Waals surface area contributed by atoms with Crippen LogP contribution in [0.4, 0.5) is 11.4 Å². The summed E-state index contributed by atoms with van der Waals surface area (Å²) in [6, 6.07) is 25.1. The molecule has 0 aliphatic carbocycles. The van der Waals surface area contributed by atoms with E-state index in [0.717, 1.165) is 22.5 Å². The molecule has 0 spiro atoms. The minimum atomic E-state index is -0.105. The summed E-state index contributed by atoms with van der Waals surface area (Å²) in [5.41, 5.74) is 4.19. The molecule has 0 atom stereocenters. The number of carbonyl (C=O) groups excluding carboxylic acids is 1. The van der Waals surface area contributed by atoms with Gasteiger partial charge in [-0.1, -0.05) is 72.3 Å². The molecule has 0 unspecified atom stereocenters. The molecule has 1 aliphatic rings. The summed E-state index contributed by atoms with van der Waals surface area (Å²) >= 11 is 6.36. The fourth-order valence-electron chi connectivity index (χ4n) is 3.05. The first-order valence-electron chi connectivity index (χ1n) is 8.02. The molecule has 0 N–H and O–H groups in total. The van der Waals surface area contributed by atoms with Crippen LogP contribution in [0.25, 0.3) is 0 Å². The van der Waals surface area contributed by atoms with E-state index in [1.54, 1.807) is 11.0 Å². The zero-order valence-corrected chi connectivity index (χ0v) is 14.1. The number of anilines is 2. The third kappa shape index (κ3) is 2.83. The predicted molar refractivity (Wildman–Crippen MR) is 102 cm³/mol. The van der Waals surface area contributed by atoms with E-state index >= 15 is 0 Å². The van der Waals surface area contributed by atoms with Crippen LogP contribution in [0.2, 0.25) is 5.02 Å². The van der Waals surface area contributed by atoms with Crippen molar-refractivity contribution >= 4 is 34.6 Å². The standard InChI is InChI=1S/C21H15ClN2O/c22-17-11-5-7-13-19(17)24-18-12-6-4-10-16(18)21(23-14-20(24)25)15-8-2-1-3-9-15/h1-13H,14H2. The summed E-state index contributed by atoms with van der Waals surface area (Å²) < 4.78 is 0. The molecule has 3 aromatic carbocycles. The predicted octanol–water partition coefficient (Wildman–Crippen LogP) is 4.86. The molecule has 0 bridgehead atoms. The van der Waals surface area contributed by atoms with Gasteiger partial charge in [-0.25, -0.2) is 0 Å². The van der Waals surface area contributed by atoms with E-state index in [0.29, 0.717) is 10.7 Å². The summed E-state index contributed by atoms with van der Waals surface area (Å²) in [5.74, 6) is -0.105. The number of carbonyl (C=O) groups is 1. The van der Waals surface area contributed by atoms with Crippen LogP contribution in [0.5, 0.6) is 0 Å². The Morgan fingerprint density at radius 1 is 0.800 bits per heavy atom. The van der Waals surface area contributed by atoms with Crippen molar-refractivity contribution < 1.29 is 4.79 Å². The van der Waals surface area contributed by atoms with Crippen molar-refractivity contribution in [2.45, 2.75) is 0 Å². The molecule has 1 amide bonds. The molecule has 4 heteroatoms. The van der Waals surface area contributed by atoms with Crippen LogP contribution in [0.3, 0.4) is 0 Å². The molecule has 4 rings (SSSR count). The fraction of sp³-hybridized carbons (Fsp3) is 0.0476. The summed E-state index contributed by atoms with van der Waals surface area (Å²) in [6.45, 7) is 0.0735. The summed E-state index contributed by atoms with van der Waals surface area (Å²) in [6.07, 6.45) is 0. The van der Waals surface area contributed by atoms with E-state index in [1.165, 1.54) is 0 Å². The first-order chi connectivity index (χ1) is 12.3. The van der Waals surface area contributed by atoms with Gasteiger partial charge in [0.1, 0.15) is 6.54 Å². The fourth-order valence-corrected chi connectivity index (χ4v) is 3.27. The Labute approximate surface area is 151 Å². The third-order valence-corrected chi connectivity index (χ3v) is 4.48. The number of amides is 1. The van der Waals surface area contributed by atoms with Crippen LogP contribution in [-0.4, -0.2) is 18.2 Å². The first-order valence-corrected chi connectivity index (χ1v) is 8.40. The Bertz CT molecular complexity index is 966. The van der Waals surface area contributed by atoms with Crippen molar-refractivity contribution in [2.75, 3.05) is 11.4 Å². The molecule has 0 fully saturated rings. The van der Waals surface area contributed by atoms with E-state index in [9.17, 15) is 4.79 Å². The highest BCUT2D eigenvalue weighted by molar-refractivity contribution is 6.34. The topological polar surface area (TPSA) is 32.7 Å². The first kappa shape index (κ1) is 15.6. The van der Waals surface area contributed by atoms with Gasteiger partial charge >= 0.3 is 0 Å². The number of rotatable bonds is 2. The van der Waals surface area contributed by atoms with Gasteiger partial charge in [0.2, 0.25) is 0 Å². The SMILES string of the molecule is O=C1CN=C(c2ccccc2)c2ccccc2N1c1ccccc1Cl. The van der Waals surface area contributed by atoms with Crippen LogP contribution in [0.1, 0.15) is 11.1 Å². The van der Waals surface area contributed by atoms with E-state index in [2.05, 4.69) is 4.99 Å². The van der Waals surface area contributed by atoms with Crippen molar-refractivity contribution in [1.29, 1.82) is 0 Å². The molecule has 25 heavy (non-hydrogen) atoms. The van der Waals surface area contributed by atoms with Crippen molar-refractivity contribution in [3.05, 3.63) is 95.0 Å². The maximum Gasteiger partial charge on any atom is 0.253 e. The van der Waals surface area contributed by atoms with E-state index < -0.39 is 0 Å². The highest BCUT2D eigenvalue weighted by Gasteiger charge is 2.27. The zero-order chi connectivity index (χ0) is 17.2. The lowest BCUT2D eigenvalue weighted by molar-refractivity contribution is -0.116. The van der Waals surface area contributed by atoms with Gasteiger partial charge in [-0.2, -0.15) is 0 Å². The van der Waals surface area contributed by atoms with Crippen LogP contribution in [-0.2, 0) is 4.79 Å². The largest absolute Gasteiger partial charge is 0.277 e. The van der Waals surface area contributed by atoms with Gasteiger partial charge in [0, 0.05) is 11.1 Å². The van der Waals surface area contributed by atoms with Gasteiger partial charge in [0.05, 0.1) is 22.1 Å². The smallest absolute Gasteiger partial charge is 0.253 e. The normalized spacial score (nSPS) is 13.9. The van der Waals surface area contributed by atoms with Crippen molar-refractivity contribution in [1.82, 2.24) is 0 Å². The molecule has 3 aromatic rings.